The Hall–Kier alpha value is -0.541. The van der Waals surface area contributed by atoms with Crippen molar-refractivity contribution in [3.05, 3.63) is 0 Å². The van der Waals surface area contributed by atoms with E-state index in [1.165, 1.54) is 44.9 Å². The summed E-state index contributed by atoms with van der Waals surface area (Å²) in [5, 5.41) is 12.6. The molecule has 0 aromatic heterocycles. The summed E-state index contributed by atoms with van der Waals surface area (Å²) in [6, 6.07) is -0.701. The number of carboxylic acid groups (broad SMARTS) is 1. The molecule has 0 bridgehead atoms. The van der Waals surface area contributed by atoms with Crippen LogP contribution in [0, 0.1) is 0 Å². The molecule has 0 saturated carbocycles. The maximum atomic E-state index is 11.8. The molecule has 5 heteroatoms. The van der Waals surface area contributed by atoms with Gasteiger partial charge in [0.25, 0.3) is 0 Å². The average molecular weight is 378 g/mol. The fourth-order valence-electron chi connectivity index (χ4n) is 2.36. The first-order valence-electron chi connectivity index (χ1n) is 8.63. The summed E-state index contributed by atoms with van der Waals surface area (Å²) in [7, 11) is 0. The van der Waals surface area contributed by atoms with Crippen LogP contribution in [0.4, 0.5) is 0 Å². The zero-order valence-electron chi connectivity index (χ0n) is 14.2. The molecule has 130 valence electrons. The molecule has 0 aliphatic carbocycles. The van der Waals surface area contributed by atoms with Gasteiger partial charge < -0.3 is 0 Å². The van der Waals surface area contributed by atoms with Crippen molar-refractivity contribution in [2.24, 2.45) is 0 Å². The second kappa shape index (κ2) is 15.4. The van der Waals surface area contributed by atoms with Crippen LogP contribution >= 0.6 is 0 Å². The van der Waals surface area contributed by atoms with Crippen LogP contribution in [-0.2, 0) is 9.59 Å². The van der Waals surface area contributed by atoms with Crippen LogP contribution in [0.25, 0.3) is 0 Å². The van der Waals surface area contributed by atoms with Gasteiger partial charge >= 0.3 is 115 Å². The molecule has 1 amide bonds. The molecule has 0 radical (unpaired) electrons. The van der Waals surface area contributed by atoms with E-state index in [1.807, 2.05) is 0 Å². The molecule has 0 saturated heterocycles. The molecule has 0 rings (SSSR count). The topological polar surface area (TPSA) is 66.4 Å². The molecule has 0 aliphatic heterocycles. The van der Waals surface area contributed by atoms with Crippen LogP contribution in [0.15, 0.2) is 0 Å². The summed E-state index contributed by atoms with van der Waals surface area (Å²) in [6.07, 6.45) is 12.0. The van der Waals surface area contributed by atoms with E-state index in [0.717, 1.165) is 18.2 Å². The molecule has 2 N–H and O–H groups in total. The van der Waals surface area contributed by atoms with Crippen LogP contribution < -0.4 is 5.32 Å². The van der Waals surface area contributed by atoms with Gasteiger partial charge in [-0.25, -0.2) is 0 Å². The Labute approximate surface area is 142 Å². The number of aliphatic carboxylic acids is 1. The summed E-state index contributed by atoms with van der Waals surface area (Å²) in [5.74, 6) is 1.05. The zero-order chi connectivity index (χ0) is 16.6. The molecule has 0 aromatic carbocycles. The monoisotopic (exact) mass is 379 g/mol. The fourth-order valence-corrected chi connectivity index (χ4v) is 3.34. The molecule has 0 aromatic rings. The predicted molar refractivity (Wildman–Crippen MR) is 92.5 cm³/mol. The van der Waals surface area contributed by atoms with Crippen LogP contribution in [0.3, 0.4) is 0 Å². The minimum atomic E-state index is -0.912. The number of carbonyl (C=O) groups is 2. The second-order valence-electron chi connectivity index (χ2n) is 5.82. The number of rotatable bonds is 15. The summed E-state index contributed by atoms with van der Waals surface area (Å²) < 4.78 is 0. The first-order chi connectivity index (χ1) is 10.6. The second-order valence-corrected chi connectivity index (χ2v) is 7.89. The summed E-state index contributed by atoms with van der Waals surface area (Å²) in [5.41, 5.74) is 0. The van der Waals surface area contributed by atoms with Crippen LogP contribution in [0.2, 0.25) is 11.1 Å². The molecule has 4 nitrogen and oxygen atoms in total. The van der Waals surface area contributed by atoms with E-state index in [0.29, 0.717) is 27.8 Å². The third-order valence-corrected chi connectivity index (χ3v) is 5.10. The van der Waals surface area contributed by atoms with Gasteiger partial charge in [0.1, 0.15) is 0 Å². The number of carbonyl (C=O) groups excluding carboxylic acids is 1. The van der Waals surface area contributed by atoms with Crippen LogP contribution in [0.1, 0.15) is 77.6 Å². The molecule has 0 heterocycles. The Kier molecular flexibility index (Phi) is 15.0. The SMILES string of the molecule is CCCCCCCCCCCC(=O)N[C@@H](CC[Se]C)C(=O)O. The van der Waals surface area contributed by atoms with Crippen LogP contribution in [0.5, 0.6) is 0 Å². The maximum absolute atomic E-state index is 11.8. The van der Waals surface area contributed by atoms with Gasteiger partial charge in [-0.3, -0.25) is 0 Å². The number of unbranched alkanes of at least 4 members (excludes halogenated alkanes) is 8. The first-order valence-corrected chi connectivity index (χ1v) is 11.5. The average Bonchev–Trinajstić information content (AvgIpc) is 2.49. The van der Waals surface area contributed by atoms with E-state index in [-0.39, 0.29) is 5.91 Å². The van der Waals surface area contributed by atoms with Crippen molar-refractivity contribution >= 4 is 26.8 Å². The standard InChI is InChI=1S/C17H33NO3Se/c1-3-4-5-6-7-8-9-10-11-12-16(19)18-15(17(20)21)13-14-22-2/h15H,3-14H2,1-2H3,(H,18,19)(H,20,21)/t15-/m0/s1. The van der Waals surface area contributed by atoms with E-state index in [4.69, 9.17) is 5.11 Å². The predicted octanol–water partition coefficient (Wildman–Crippen LogP) is 4.04. The van der Waals surface area contributed by atoms with Crippen molar-refractivity contribution in [1.82, 2.24) is 5.32 Å². The van der Waals surface area contributed by atoms with E-state index in [9.17, 15) is 9.59 Å². The molecule has 0 aliphatic rings. The third kappa shape index (κ3) is 13.1. The van der Waals surface area contributed by atoms with E-state index in [1.54, 1.807) is 0 Å². The molecular weight excluding hydrogens is 345 g/mol. The van der Waals surface area contributed by atoms with Gasteiger partial charge in [-0.15, -0.1) is 0 Å². The third-order valence-electron chi connectivity index (χ3n) is 3.75. The van der Waals surface area contributed by atoms with Gasteiger partial charge in [0.15, 0.2) is 0 Å². The number of hydrogen-bond acceptors (Lipinski definition) is 2. The number of hydrogen-bond donors (Lipinski definition) is 2. The number of nitrogens with one attached hydrogen (secondary N) is 1. The molecule has 0 unspecified atom stereocenters. The minimum absolute atomic E-state index is 0.112. The van der Waals surface area contributed by atoms with E-state index < -0.39 is 12.0 Å². The van der Waals surface area contributed by atoms with Gasteiger partial charge in [-0.1, -0.05) is 26.2 Å². The molecule has 1 atom stereocenters. The Morgan fingerprint density at radius 1 is 1.00 bits per heavy atom. The van der Waals surface area contributed by atoms with E-state index >= 15 is 0 Å². The van der Waals surface area contributed by atoms with Crippen molar-refractivity contribution in [3.63, 3.8) is 0 Å². The molecule has 0 spiro atoms. The van der Waals surface area contributed by atoms with Gasteiger partial charge in [0, 0.05) is 0 Å². The van der Waals surface area contributed by atoms with Crippen molar-refractivity contribution in [2.75, 3.05) is 0 Å². The Morgan fingerprint density at radius 3 is 2.05 bits per heavy atom. The van der Waals surface area contributed by atoms with Gasteiger partial charge in [-0.05, 0) is 0 Å². The Morgan fingerprint density at radius 2 is 1.55 bits per heavy atom. The summed E-state index contributed by atoms with van der Waals surface area (Å²) >= 11 is 0.454. The van der Waals surface area contributed by atoms with E-state index in [2.05, 4.69) is 18.1 Å². The van der Waals surface area contributed by atoms with Gasteiger partial charge in [-0.2, -0.15) is 0 Å². The first kappa shape index (κ1) is 21.5. The number of carboxylic acids is 1. The van der Waals surface area contributed by atoms with Crippen LogP contribution in [-0.4, -0.2) is 38.0 Å². The normalized spacial score (nSPS) is 12.1. The molecule has 22 heavy (non-hydrogen) atoms. The summed E-state index contributed by atoms with van der Waals surface area (Å²) in [6.45, 7) is 2.23. The van der Waals surface area contributed by atoms with Crippen molar-refractivity contribution in [2.45, 2.75) is 94.7 Å². The van der Waals surface area contributed by atoms with Crippen molar-refractivity contribution in [1.29, 1.82) is 0 Å². The van der Waals surface area contributed by atoms with Crippen molar-refractivity contribution in [3.8, 4) is 0 Å². The zero-order valence-corrected chi connectivity index (χ0v) is 15.9. The fraction of sp³-hybridized carbons (Fsp3) is 0.882. The quantitative estimate of drug-likeness (QED) is 0.334. The molecular formula is C17H33NO3Se. The summed E-state index contributed by atoms with van der Waals surface area (Å²) in [4.78, 5) is 22.8. The van der Waals surface area contributed by atoms with Gasteiger partial charge in [0.05, 0.1) is 0 Å². The Bertz CT molecular complexity index is 298. The van der Waals surface area contributed by atoms with Gasteiger partial charge in [0.2, 0.25) is 0 Å². The van der Waals surface area contributed by atoms with Crippen molar-refractivity contribution < 1.29 is 14.7 Å². The Balaban J connectivity index is 3.57. The molecule has 0 fully saturated rings. The number of amides is 1.